The van der Waals surface area contributed by atoms with Crippen LogP contribution in [0.3, 0.4) is 0 Å². The van der Waals surface area contributed by atoms with E-state index < -0.39 is 0 Å². The lowest BCUT2D eigenvalue weighted by Crippen LogP contribution is -2.44. The van der Waals surface area contributed by atoms with Crippen LogP contribution in [-0.2, 0) is 6.42 Å². The van der Waals surface area contributed by atoms with E-state index in [-0.39, 0.29) is 12.1 Å². The predicted octanol–water partition coefficient (Wildman–Crippen LogP) is 2.90. The van der Waals surface area contributed by atoms with Gasteiger partial charge in [-0.25, -0.2) is 0 Å². The van der Waals surface area contributed by atoms with Crippen molar-refractivity contribution in [2.75, 3.05) is 0 Å². The molecule has 2 N–H and O–H groups in total. The van der Waals surface area contributed by atoms with Gasteiger partial charge in [-0.2, -0.15) is 0 Å². The number of hydrogen-bond acceptors (Lipinski definition) is 2. The first kappa shape index (κ1) is 11.1. The van der Waals surface area contributed by atoms with Gasteiger partial charge in [-0.15, -0.1) is 0 Å². The molecular weight excluding hydrogens is 210 g/mol. The molecule has 1 aliphatic carbocycles. The highest BCUT2D eigenvalue weighted by molar-refractivity contribution is 5.37. The second kappa shape index (κ2) is 4.69. The molecule has 0 amide bonds. The van der Waals surface area contributed by atoms with Crippen LogP contribution >= 0.6 is 0 Å². The molecule has 1 aliphatic heterocycles. The molecule has 0 saturated heterocycles. The third-order valence-corrected chi connectivity index (χ3v) is 4.30. The summed E-state index contributed by atoms with van der Waals surface area (Å²) in [7, 11) is 0. The van der Waals surface area contributed by atoms with Gasteiger partial charge in [0.05, 0.1) is 0 Å². The molecule has 3 rings (SSSR count). The lowest BCUT2D eigenvalue weighted by molar-refractivity contribution is 0.145. The molecular formula is C15H21NO. The third kappa shape index (κ3) is 2.19. The van der Waals surface area contributed by atoms with Crippen LogP contribution in [0.1, 0.15) is 37.7 Å². The van der Waals surface area contributed by atoms with Crippen LogP contribution in [0.4, 0.5) is 0 Å². The average molecular weight is 231 g/mol. The number of nitrogens with two attached hydrogens (primary N) is 1. The first-order valence-corrected chi connectivity index (χ1v) is 6.85. The summed E-state index contributed by atoms with van der Waals surface area (Å²) in [5.41, 5.74) is 7.73. The Morgan fingerprint density at radius 2 is 1.88 bits per heavy atom. The molecule has 0 spiro atoms. The number of rotatable bonds is 2. The fourth-order valence-electron chi connectivity index (χ4n) is 3.25. The van der Waals surface area contributed by atoms with E-state index in [4.69, 9.17) is 10.5 Å². The molecule has 2 aliphatic rings. The van der Waals surface area contributed by atoms with Gasteiger partial charge >= 0.3 is 0 Å². The van der Waals surface area contributed by atoms with Crippen LogP contribution in [-0.4, -0.2) is 12.1 Å². The second-order valence-electron chi connectivity index (χ2n) is 5.44. The van der Waals surface area contributed by atoms with E-state index in [0.717, 1.165) is 12.2 Å². The van der Waals surface area contributed by atoms with E-state index in [0.29, 0.717) is 5.92 Å². The fraction of sp³-hybridized carbons (Fsp3) is 0.600. The Labute approximate surface area is 103 Å². The third-order valence-electron chi connectivity index (χ3n) is 4.30. The summed E-state index contributed by atoms with van der Waals surface area (Å²) in [5, 5.41) is 0. The quantitative estimate of drug-likeness (QED) is 0.849. The Balaban J connectivity index is 1.67. The Kier molecular flexibility index (Phi) is 3.06. The average Bonchev–Trinajstić information content (AvgIpc) is 2.82. The van der Waals surface area contributed by atoms with E-state index in [1.165, 1.54) is 37.7 Å². The Morgan fingerprint density at radius 3 is 2.65 bits per heavy atom. The van der Waals surface area contributed by atoms with Gasteiger partial charge in [0.15, 0.2) is 0 Å². The van der Waals surface area contributed by atoms with E-state index >= 15 is 0 Å². The lowest BCUT2D eigenvalue weighted by Gasteiger charge is -2.30. The SMILES string of the molecule is NC(C1CCCCC1)C1Cc2ccccc2O1. The molecule has 2 heteroatoms. The van der Waals surface area contributed by atoms with Gasteiger partial charge < -0.3 is 10.5 Å². The monoisotopic (exact) mass is 231 g/mol. The molecule has 92 valence electrons. The molecule has 2 nitrogen and oxygen atoms in total. The van der Waals surface area contributed by atoms with E-state index in [2.05, 4.69) is 18.2 Å². The topological polar surface area (TPSA) is 35.2 Å². The number of hydrogen-bond donors (Lipinski definition) is 1. The molecule has 1 saturated carbocycles. The summed E-state index contributed by atoms with van der Waals surface area (Å²) in [5.74, 6) is 1.71. The van der Waals surface area contributed by atoms with Crippen molar-refractivity contribution in [3.63, 3.8) is 0 Å². The first-order valence-electron chi connectivity index (χ1n) is 6.85. The minimum Gasteiger partial charge on any atom is -0.488 e. The summed E-state index contributed by atoms with van der Waals surface area (Å²) in [6.45, 7) is 0. The predicted molar refractivity (Wildman–Crippen MR) is 69.1 cm³/mol. The van der Waals surface area contributed by atoms with Crippen LogP contribution in [0.25, 0.3) is 0 Å². The van der Waals surface area contributed by atoms with Gasteiger partial charge in [0.25, 0.3) is 0 Å². The van der Waals surface area contributed by atoms with Crippen molar-refractivity contribution in [1.29, 1.82) is 0 Å². The maximum atomic E-state index is 6.41. The number of ether oxygens (including phenoxy) is 1. The van der Waals surface area contributed by atoms with Crippen LogP contribution in [0.15, 0.2) is 24.3 Å². The summed E-state index contributed by atoms with van der Waals surface area (Å²) in [4.78, 5) is 0. The van der Waals surface area contributed by atoms with Gasteiger partial charge in [0.1, 0.15) is 11.9 Å². The zero-order chi connectivity index (χ0) is 11.7. The van der Waals surface area contributed by atoms with Gasteiger partial charge in [-0.3, -0.25) is 0 Å². The van der Waals surface area contributed by atoms with Crippen molar-refractivity contribution in [1.82, 2.24) is 0 Å². The number of fused-ring (bicyclic) bond motifs is 1. The normalized spacial score (nSPS) is 26.3. The highest BCUT2D eigenvalue weighted by atomic mass is 16.5. The maximum Gasteiger partial charge on any atom is 0.123 e. The highest BCUT2D eigenvalue weighted by Gasteiger charge is 2.33. The number of para-hydroxylation sites is 1. The van der Waals surface area contributed by atoms with Crippen molar-refractivity contribution in [3.8, 4) is 5.75 Å². The van der Waals surface area contributed by atoms with Crippen molar-refractivity contribution in [3.05, 3.63) is 29.8 Å². The van der Waals surface area contributed by atoms with Crippen LogP contribution < -0.4 is 10.5 Å². The largest absolute Gasteiger partial charge is 0.488 e. The maximum absolute atomic E-state index is 6.41. The zero-order valence-corrected chi connectivity index (χ0v) is 10.3. The van der Waals surface area contributed by atoms with E-state index in [9.17, 15) is 0 Å². The Hall–Kier alpha value is -1.02. The van der Waals surface area contributed by atoms with Gasteiger partial charge in [-0.05, 0) is 30.4 Å². The summed E-state index contributed by atoms with van der Waals surface area (Å²) in [6, 6.07) is 8.54. The molecule has 0 bridgehead atoms. The zero-order valence-electron chi connectivity index (χ0n) is 10.3. The number of benzene rings is 1. The van der Waals surface area contributed by atoms with Crippen LogP contribution in [0.2, 0.25) is 0 Å². The minimum atomic E-state index is 0.204. The minimum absolute atomic E-state index is 0.204. The van der Waals surface area contributed by atoms with Gasteiger partial charge in [0, 0.05) is 12.5 Å². The summed E-state index contributed by atoms with van der Waals surface area (Å²) >= 11 is 0. The molecule has 2 unspecified atom stereocenters. The van der Waals surface area contributed by atoms with Crippen molar-refractivity contribution in [2.45, 2.75) is 50.7 Å². The van der Waals surface area contributed by atoms with Crippen LogP contribution in [0.5, 0.6) is 5.75 Å². The summed E-state index contributed by atoms with van der Waals surface area (Å²) < 4.78 is 6.00. The molecule has 0 radical (unpaired) electrons. The Bertz CT molecular complexity index is 359. The van der Waals surface area contributed by atoms with Gasteiger partial charge in [0.2, 0.25) is 0 Å². The molecule has 2 atom stereocenters. The van der Waals surface area contributed by atoms with Crippen molar-refractivity contribution < 1.29 is 4.74 Å². The van der Waals surface area contributed by atoms with Crippen LogP contribution in [0, 0.1) is 5.92 Å². The second-order valence-corrected chi connectivity index (χ2v) is 5.44. The first-order chi connectivity index (χ1) is 8.34. The highest BCUT2D eigenvalue weighted by Crippen LogP contribution is 2.34. The molecule has 1 aromatic carbocycles. The standard InChI is InChI=1S/C15H21NO/c16-15(11-6-2-1-3-7-11)14-10-12-8-4-5-9-13(12)17-14/h4-5,8-9,11,14-15H,1-3,6-7,10,16H2. The van der Waals surface area contributed by atoms with Crippen molar-refractivity contribution >= 4 is 0 Å². The van der Waals surface area contributed by atoms with E-state index in [1.807, 2.05) is 6.07 Å². The smallest absolute Gasteiger partial charge is 0.123 e. The molecule has 1 fully saturated rings. The molecule has 1 heterocycles. The fourth-order valence-corrected chi connectivity index (χ4v) is 3.25. The molecule has 0 aromatic heterocycles. The Morgan fingerprint density at radius 1 is 1.12 bits per heavy atom. The van der Waals surface area contributed by atoms with E-state index in [1.54, 1.807) is 0 Å². The molecule has 17 heavy (non-hydrogen) atoms. The lowest BCUT2D eigenvalue weighted by atomic mass is 9.81. The summed E-state index contributed by atoms with van der Waals surface area (Å²) in [6.07, 6.45) is 7.85. The molecule has 1 aromatic rings. The van der Waals surface area contributed by atoms with Crippen molar-refractivity contribution in [2.24, 2.45) is 11.7 Å². The van der Waals surface area contributed by atoms with Gasteiger partial charge in [-0.1, -0.05) is 37.5 Å².